The lowest BCUT2D eigenvalue weighted by Gasteiger charge is -2.13. The molecule has 0 N–H and O–H groups in total. The number of nitro groups is 2. The number of benzene rings is 3. The maximum absolute atomic E-state index is 11.0. The Morgan fingerprint density at radius 1 is 0.939 bits per heavy atom. The summed E-state index contributed by atoms with van der Waals surface area (Å²) in [7, 11) is 0. The highest BCUT2D eigenvalue weighted by molar-refractivity contribution is 5.90. The van der Waals surface area contributed by atoms with Crippen molar-refractivity contribution in [2.24, 2.45) is 0 Å². The second kappa shape index (κ2) is 10.5. The first-order chi connectivity index (χ1) is 15.9. The number of allylic oxidation sites excluding steroid dienone is 1. The Balaban J connectivity index is 1.83. The SMILES string of the molecule is CCOc1cc(/C=C(/C#N)c2cccc([N+](=O)[O-])c2)ccc1OCc1ccc([N+](=O)[O-])cc1. The first kappa shape index (κ1) is 23.0. The number of nitrogens with zero attached hydrogens (tertiary/aromatic N) is 3. The van der Waals surface area contributed by atoms with Crippen molar-refractivity contribution >= 4 is 23.0 Å². The van der Waals surface area contributed by atoms with E-state index in [4.69, 9.17) is 9.47 Å². The van der Waals surface area contributed by atoms with E-state index >= 15 is 0 Å². The van der Waals surface area contributed by atoms with E-state index in [1.165, 1.54) is 30.3 Å². The minimum atomic E-state index is -0.511. The van der Waals surface area contributed by atoms with Crippen molar-refractivity contribution in [3.63, 3.8) is 0 Å². The number of nitro benzene ring substituents is 2. The Morgan fingerprint density at radius 2 is 1.67 bits per heavy atom. The Kier molecular flexibility index (Phi) is 7.34. The van der Waals surface area contributed by atoms with Crippen LogP contribution in [-0.4, -0.2) is 16.5 Å². The molecule has 9 heteroatoms. The van der Waals surface area contributed by atoms with Crippen LogP contribution in [0.2, 0.25) is 0 Å². The third-order valence-corrected chi connectivity index (χ3v) is 4.61. The van der Waals surface area contributed by atoms with Crippen molar-refractivity contribution in [3.05, 3.63) is 104 Å². The zero-order valence-corrected chi connectivity index (χ0v) is 17.6. The first-order valence-electron chi connectivity index (χ1n) is 9.91. The molecule has 3 aromatic rings. The van der Waals surface area contributed by atoms with Crippen LogP contribution in [0.25, 0.3) is 11.6 Å². The highest BCUT2D eigenvalue weighted by atomic mass is 16.6. The minimum Gasteiger partial charge on any atom is -0.490 e. The van der Waals surface area contributed by atoms with Crippen molar-refractivity contribution in [1.29, 1.82) is 5.26 Å². The van der Waals surface area contributed by atoms with E-state index in [9.17, 15) is 25.5 Å². The lowest BCUT2D eigenvalue weighted by molar-refractivity contribution is -0.385. The van der Waals surface area contributed by atoms with Crippen LogP contribution >= 0.6 is 0 Å². The van der Waals surface area contributed by atoms with Gasteiger partial charge in [-0.05, 0) is 54.0 Å². The first-order valence-corrected chi connectivity index (χ1v) is 9.91. The molecule has 0 amide bonds. The summed E-state index contributed by atoms with van der Waals surface area (Å²) in [6, 6.07) is 19.2. The van der Waals surface area contributed by atoms with Gasteiger partial charge in [-0.2, -0.15) is 5.26 Å². The molecule has 0 aliphatic carbocycles. The van der Waals surface area contributed by atoms with Crippen LogP contribution in [0.1, 0.15) is 23.6 Å². The molecule has 0 heterocycles. The third kappa shape index (κ3) is 5.92. The summed E-state index contributed by atoms with van der Waals surface area (Å²) in [5, 5.41) is 31.4. The fourth-order valence-corrected chi connectivity index (χ4v) is 3.01. The van der Waals surface area contributed by atoms with Gasteiger partial charge in [0.25, 0.3) is 11.4 Å². The molecule has 0 unspecified atom stereocenters. The van der Waals surface area contributed by atoms with E-state index in [1.807, 2.05) is 6.92 Å². The Labute approximate surface area is 189 Å². The molecule has 0 saturated carbocycles. The van der Waals surface area contributed by atoms with E-state index in [0.29, 0.717) is 29.2 Å². The van der Waals surface area contributed by atoms with Gasteiger partial charge in [-0.15, -0.1) is 0 Å². The summed E-state index contributed by atoms with van der Waals surface area (Å²) in [5.41, 5.74) is 2.01. The molecule has 0 fully saturated rings. The smallest absolute Gasteiger partial charge is 0.270 e. The average molecular weight is 445 g/mol. The monoisotopic (exact) mass is 445 g/mol. The zero-order chi connectivity index (χ0) is 23.8. The summed E-state index contributed by atoms with van der Waals surface area (Å²) < 4.78 is 11.5. The van der Waals surface area contributed by atoms with E-state index in [-0.39, 0.29) is 23.6 Å². The van der Waals surface area contributed by atoms with Gasteiger partial charge in [0, 0.05) is 24.3 Å². The molecule has 166 valence electrons. The lowest BCUT2D eigenvalue weighted by atomic mass is 10.0. The fourth-order valence-electron chi connectivity index (χ4n) is 3.01. The lowest BCUT2D eigenvalue weighted by Crippen LogP contribution is -2.00. The number of hydrogen-bond acceptors (Lipinski definition) is 7. The van der Waals surface area contributed by atoms with E-state index in [0.717, 1.165) is 5.56 Å². The second-order valence-corrected chi connectivity index (χ2v) is 6.83. The fraction of sp³-hybridized carbons (Fsp3) is 0.125. The predicted octanol–water partition coefficient (Wildman–Crippen LogP) is 5.54. The van der Waals surface area contributed by atoms with Crippen LogP contribution in [0.5, 0.6) is 11.5 Å². The molecule has 0 aliphatic rings. The van der Waals surface area contributed by atoms with Crippen LogP contribution in [-0.2, 0) is 6.61 Å². The van der Waals surface area contributed by atoms with Crippen LogP contribution in [0.3, 0.4) is 0 Å². The summed E-state index contributed by atoms with van der Waals surface area (Å²) in [6.45, 7) is 2.40. The average Bonchev–Trinajstić information content (AvgIpc) is 2.82. The molecule has 33 heavy (non-hydrogen) atoms. The topological polar surface area (TPSA) is 129 Å². The number of non-ortho nitro benzene ring substituents is 2. The molecule has 0 atom stereocenters. The Bertz CT molecular complexity index is 1250. The van der Waals surface area contributed by atoms with Gasteiger partial charge in [0.1, 0.15) is 6.61 Å². The van der Waals surface area contributed by atoms with E-state index in [1.54, 1.807) is 42.5 Å². The number of ether oxygens (including phenoxy) is 2. The zero-order valence-electron chi connectivity index (χ0n) is 17.6. The molecule has 3 aromatic carbocycles. The molecule has 0 aromatic heterocycles. The van der Waals surface area contributed by atoms with Crippen LogP contribution in [0.4, 0.5) is 11.4 Å². The van der Waals surface area contributed by atoms with Gasteiger partial charge in [-0.25, -0.2) is 0 Å². The maximum atomic E-state index is 11.0. The predicted molar refractivity (Wildman–Crippen MR) is 122 cm³/mol. The molecule has 0 spiro atoms. The van der Waals surface area contributed by atoms with Crippen molar-refractivity contribution in [2.75, 3.05) is 6.61 Å². The normalized spacial score (nSPS) is 10.8. The molecule has 0 bridgehead atoms. The minimum absolute atomic E-state index is 0.00180. The summed E-state index contributed by atoms with van der Waals surface area (Å²) in [5.74, 6) is 0.936. The third-order valence-electron chi connectivity index (χ3n) is 4.61. The second-order valence-electron chi connectivity index (χ2n) is 6.83. The molecule has 0 radical (unpaired) electrons. The van der Waals surface area contributed by atoms with Crippen LogP contribution in [0, 0.1) is 31.6 Å². The molecule has 9 nitrogen and oxygen atoms in total. The molecular weight excluding hydrogens is 426 g/mol. The van der Waals surface area contributed by atoms with Gasteiger partial charge >= 0.3 is 0 Å². The number of nitriles is 1. The van der Waals surface area contributed by atoms with Crippen molar-refractivity contribution in [2.45, 2.75) is 13.5 Å². The van der Waals surface area contributed by atoms with E-state index in [2.05, 4.69) is 6.07 Å². The summed E-state index contributed by atoms with van der Waals surface area (Å²) in [4.78, 5) is 20.8. The highest BCUT2D eigenvalue weighted by Gasteiger charge is 2.11. The largest absolute Gasteiger partial charge is 0.490 e. The quantitative estimate of drug-likeness (QED) is 0.183. The highest BCUT2D eigenvalue weighted by Crippen LogP contribution is 2.31. The van der Waals surface area contributed by atoms with Gasteiger partial charge in [-0.3, -0.25) is 20.2 Å². The van der Waals surface area contributed by atoms with Gasteiger partial charge < -0.3 is 9.47 Å². The Hall–Kier alpha value is -4.71. The summed E-state index contributed by atoms with van der Waals surface area (Å²) >= 11 is 0. The van der Waals surface area contributed by atoms with Crippen molar-refractivity contribution < 1.29 is 19.3 Å². The molecular formula is C24H19N3O6. The molecule has 0 saturated heterocycles. The number of hydrogen-bond donors (Lipinski definition) is 0. The summed E-state index contributed by atoms with van der Waals surface area (Å²) in [6.07, 6.45) is 1.61. The van der Waals surface area contributed by atoms with Gasteiger partial charge in [0.2, 0.25) is 0 Å². The maximum Gasteiger partial charge on any atom is 0.270 e. The standard InChI is InChI=1S/C24H19N3O6/c1-2-32-24-13-18(12-20(15-25)19-4-3-5-22(14-19)27(30)31)8-11-23(24)33-16-17-6-9-21(10-7-17)26(28)29/h3-14H,2,16H2,1H3/b20-12-. The van der Waals surface area contributed by atoms with Gasteiger partial charge in [-0.1, -0.05) is 18.2 Å². The molecule has 0 aliphatic heterocycles. The van der Waals surface area contributed by atoms with Gasteiger partial charge in [0.05, 0.1) is 28.1 Å². The number of rotatable bonds is 9. The van der Waals surface area contributed by atoms with Crippen LogP contribution < -0.4 is 9.47 Å². The van der Waals surface area contributed by atoms with Crippen molar-refractivity contribution in [1.82, 2.24) is 0 Å². The van der Waals surface area contributed by atoms with Crippen molar-refractivity contribution in [3.8, 4) is 17.6 Å². The van der Waals surface area contributed by atoms with Gasteiger partial charge in [0.15, 0.2) is 11.5 Å². The molecule has 3 rings (SSSR count). The van der Waals surface area contributed by atoms with Crippen LogP contribution in [0.15, 0.2) is 66.7 Å². The Morgan fingerprint density at radius 3 is 2.30 bits per heavy atom. The van der Waals surface area contributed by atoms with E-state index < -0.39 is 9.85 Å².